The van der Waals surface area contributed by atoms with Crippen LogP contribution in [0.15, 0.2) is 16.6 Å². The van der Waals surface area contributed by atoms with E-state index in [0.29, 0.717) is 22.4 Å². The summed E-state index contributed by atoms with van der Waals surface area (Å²) in [6.07, 6.45) is 0.676. The highest BCUT2D eigenvalue weighted by Crippen LogP contribution is 2.36. The van der Waals surface area contributed by atoms with Gasteiger partial charge in [0.15, 0.2) is 0 Å². The first-order valence-electron chi connectivity index (χ1n) is 5.34. The van der Waals surface area contributed by atoms with E-state index >= 15 is 0 Å². The molecule has 0 aliphatic rings. The normalized spacial score (nSPS) is 12.1. The van der Waals surface area contributed by atoms with E-state index in [1.807, 2.05) is 13.8 Å². The summed E-state index contributed by atoms with van der Waals surface area (Å²) in [4.78, 5) is 10.9. The van der Waals surface area contributed by atoms with Crippen LogP contribution in [-0.4, -0.2) is 16.2 Å². The molecule has 0 amide bonds. The SMILES string of the molecule is CC(C)C[C@@H](N)c1c(Br)ccc(C(=O)O)c1O.Cl. The van der Waals surface area contributed by atoms with E-state index in [1.54, 1.807) is 6.07 Å². The number of carboxylic acid groups (broad SMARTS) is 1. The van der Waals surface area contributed by atoms with E-state index in [-0.39, 0.29) is 29.8 Å². The number of halogens is 2. The molecule has 1 rings (SSSR count). The molecule has 0 saturated carbocycles. The predicted molar refractivity (Wildman–Crippen MR) is 76.4 cm³/mol. The summed E-state index contributed by atoms with van der Waals surface area (Å²) in [5.74, 6) is -1.04. The predicted octanol–water partition coefficient (Wildman–Crippen LogP) is 3.32. The lowest BCUT2D eigenvalue weighted by Crippen LogP contribution is -2.15. The van der Waals surface area contributed by atoms with Gasteiger partial charge in [-0.1, -0.05) is 29.8 Å². The molecule has 0 radical (unpaired) electrons. The Hall–Kier alpha value is -0.780. The molecule has 6 heteroatoms. The number of nitrogens with two attached hydrogens (primary N) is 1. The molecular weight excluding hydrogens is 321 g/mol. The van der Waals surface area contributed by atoms with Gasteiger partial charge in [-0.2, -0.15) is 0 Å². The Kier molecular flexibility index (Phi) is 6.67. The van der Waals surface area contributed by atoms with Gasteiger partial charge < -0.3 is 15.9 Å². The first-order valence-corrected chi connectivity index (χ1v) is 6.14. The van der Waals surface area contributed by atoms with Crippen molar-refractivity contribution >= 4 is 34.3 Å². The minimum absolute atomic E-state index is 0. The molecule has 18 heavy (non-hydrogen) atoms. The summed E-state index contributed by atoms with van der Waals surface area (Å²) in [6, 6.07) is 2.56. The Morgan fingerprint density at radius 2 is 2.00 bits per heavy atom. The number of carbonyl (C=O) groups is 1. The highest BCUT2D eigenvalue weighted by Gasteiger charge is 2.21. The summed E-state index contributed by atoms with van der Waals surface area (Å²) >= 11 is 3.29. The first-order chi connectivity index (χ1) is 7.84. The summed E-state index contributed by atoms with van der Waals surface area (Å²) in [7, 11) is 0. The Morgan fingerprint density at radius 3 is 2.44 bits per heavy atom. The molecule has 1 atom stereocenters. The average Bonchev–Trinajstić information content (AvgIpc) is 2.15. The van der Waals surface area contributed by atoms with Crippen molar-refractivity contribution in [1.82, 2.24) is 0 Å². The lowest BCUT2D eigenvalue weighted by Gasteiger charge is -2.18. The number of carboxylic acids is 1. The van der Waals surface area contributed by atoms with Crippen LogP contribution in [0.25, 0.3) is 0 Å². The molecule has 0 aliphatic heterocycles. The molecular formula is C12H17BrClNO3. The molecule has 0 aromatic heterocycles. The zero-order valence-electron chi connectivity index (χ0n) is 10.2. The van der Waals surface area contributed by atoms with Crippen LogP contribution in [0.1, 0.15) is 42.2 Å². The molecule has 1 aromatic carbocycles. The maximum atomic E-state index is 10.9. The van der Waals surface area contributed by atoms with E-state index in [4.69, 9.17) is 10.8 Å². The number of benzene rings is 1. The van der Waals surface area contributed by atoms with Crippen molar-refractivity contribution in [3.8, 4) is 5.75 Å². The minimum atomic E-state index is -1.16. The van der Waals surface area contributed by atoms with Crippen molar-refractivity contribution in [1.29, 1.82) is 0 Å². The van der Waals surface area contributed by atoms with Gasteiger partial charge in [0.1, 0.15) is 11.3 Å². The van der Waals surface area contributed by atoms with Crippen LogP contribution in [0.2, 0.25) is 0 Å². The number of aromatic hydroxyl groups is 1. The number of hydrogen-bond donors (Lipinski definition) is 3. The highest BCUT2D eigenvalue weighted by atomic mass is 79.9. The number of hydrogen-bond acceptors (Lipinski definition) is 3. The summed E-state index contributed by atoms with van der Waals surface area (Å²) in [6.45, 7) is 4.04. The largest absolute Gasteiger partial charge is 0.507 e. The third kappa shape index (κ3) is 3.86. The second-order valence-electron chi connectivity index (χ2n) is 4.40. The molecule has 1 aromatic rings. The zero-order valence-corrected chi connectivity index (χ0v) is 12.6. The molecule has 0 fully saturated rings. The van der Waals surface area contributed by atoms with Crippen molar-refractivity contribution in [2.45, 2.75) is 26.3 Å². The monoisotopic (exact) mass is 337 g/mol. The molecule has 0 saturated heterocycles. The van der Waals surface area contributed by atoms with Crippen LogP contribution in [0.5, 0.6) is 5.75 Å². The standard InChI is InChI=1S/C12H16BrNO3.ClH/c1-6(2)5-9(14)10-8(13)4-3-7(11(10)15)12(16)17;/h3-4,6,9,15H,5,14H2,1-2H3,(H,16,17);1H/t9-;/m1./s1. The molecule has 102 valence electrons. The summed E-state index contributed by atoms with van der Waals surface area (Å²) in [5, 5.41) is 18.9. The van der Waals surface area contributed by atoms with E-state index in [0.717, 1.165) is 0 Å². The van der Waals surface area contributed by atoms with Gasteiger partial charge in [-0.25, -0.2) is 4.79 Å². The Bertz CT molecular complexity index is 438. The maximum Gasteiger partial charge on any atom is 0.339 e. The Morgan fingerprint density at radius 1 is 1.44 bits per heavy atom. The molecule has 0 spiro atoms. The van der Waals surface area contributed by atoms with Crippen molar-refractivity contribution < 1.29 is 15.0 Å². The van der Waals surface area contributed by atoms with Crippen LogP contribution < -0.4 is 5.73 Å². The molecule has 0 aliphatic carbocycles. The van der Waals surface area contributed by atoms with Crippen LogP contribution >= 0.6 is 28.3 Å². The van der Waals surface area contributed by atoms with Gasteiger partial charge in [-0.05, 0) is 24.5 Å². The van der Waals surface area contributed by atoms with Crippen molar-refractivity contribution in [2.75, 3.05) is 0 Å². The summed E-state index contributed by atoms with van der Waals surface area (Å²) in [5.41, 5.74) is 6.32. The molecule has 4 N–H and O–H groups in total. The van der Waals surface area contributed by atoms with Crippen LogP contribution in [0.4, 0.5) is 0 Å². The van der Waals surface area contributed by atoms with Gasteiger partial charge in [0.2, 0.25) is 0 Å². The number of aromatic carboxylic acids is 1. The van der Waals surface area contributed by atoms with Crippen LogP contribution in [0.3, 0.4) is 0 Å². The number of rotatable bonds is 4. The first kappa shape index (κ1) is 17.2. The van der Waals surface area contributed by atoms with Gasteiger partial charge in [0, 0.05) is 16.1 Å². The average molecular weight is 339 g/mol. The number of phenols is 1. The van der Waals surface area contributed by atoms with Gasteiger partial charge in [-0.15, -0.1) is 12.4 Å². The second kappa shape index (κ2) is 6.97. The molecule has 0 heterocycles. The van der Waals surface area contributed by atoms with Gasteiger partial charge in [0.05, 0.1) is 0 Å². The van der Waals surface area contributed by atoms with Crippen LogP contribution in [0, 0.1) is 5.92 Å². The zero-order chi connectivity index (χ0) is 13.2. The fraction of sp³-hybridized carbons (Fsp3) is 0.417. The van der Waals surface area contributed by atoms with E-state index < -0.39 is 5.97 Å². The highest BCUT2D eigenvalue weighted by molar-refractivity contribution is 9.10. The van der Waals surface area contributed by atoms with E-state index in [9.17, 15) is 9.90 Å². The van der Waals surface area contributed by atoms with Crippen molar-refractivity contribution in [3.63, 3.8) is 0 Å². The second-order valence-corrected chi connectivity index (χ2v) is 5.25. The van der Waals surface area contributed by atoms with Gasteiger partial charge >= 0.3 is 5.97 Å². The summed E-state index contributed by atoms with van der Waals surface area (Å²) < 4.78 is 0.633. The molecule has 4 nitrogen and oxygen atoms in total. The third-order valence-electron chi connectivity index (χ3n) is 2.49. The van der Waals surface area contributed by atoms with Gasteiger partial charge in [-0.3, -0.25) is 0 Å². The van der Waals surface area contributed by atoms with E-state index in [1.165, 1.54) is 6.07 Å². The third-order valence-corrected chi connectivity index (χ3v) is 3.18. The molecule has 0 unspecified atom stereocenters. The fourth-order valence-electron chi connectivity index (χ4n) is 1.73. The lowest BCUT2D eigenvalue weighted by molar-refractivity contribution is 0.0693. The topological polar surface area (TPSA) is 83.6 Å². The van der Waals surface area contributed by atoms with Crippen molar-refractivity contribution in [2.24, 2.45) is 11.7 Å². The quantitative estimate of drug-likeness (QED) is 0.786. The Balaban J connectivity index is 0.00000289. The fourth-order valence-corrected chi connectivity index (χ4v) is 2.35. The molecule has 0 bridgehead atoms. The smallest absolute Gasteiger partial charge is 0.339 e. The minimum Gasteiger partial charge on any atom is -0.507 e. The maximum absolute atomic E-state index is 10.9. The van der Waals surface area contributed by atoms with E-state index in [2.05, 4.69) is 15.9 Å². The van der Waals surface area contributed by atoms with Gasteiger partial charge in [0.25, 0.3) is 0 Å². The Labute approximate surface area is 121 Å². The van der Waals surface area contributed by atoms with Crippen molar-refractivity contribution in [3.05, 3.63) is 27.7 Å². The lowest BCUT2D eigenvalue weighted by atomic mass is 9.95. The van der Waals surface area contributed by atoms with Crippen LogP contribution in [-0.2, 0) is 0 Å².